The van der Waals surface area contributed by atoms with E-state index in [1.54, 1.807) is 0 Å². The third-order valence-corrected chi connectivity index (χ3v) is 3.85. The molecule has 0 aliphatic heterocycles. The van der Waals surface area contributed by atoms with E-state index < -0.39 is 0 Å². The lowest BCUT2D eigenvalue weighted by Gasteiger charge is -2.16. The van der Waals surface area contributed by atoms with Gasteiger partial charge in [-0.2, -0.15) is 0 Å². The van der Waals surface area contributed by atoms with Crippen LogP contribution in [-0.2, 0) is 0 Å². The van der Waals surface area contributed by atoms with E-state index in [9.17, 15) is 0 Å². The summed E-state index contributed by atoms with van der Waals surface area (Å²) < 4.78 is 0. The van der Waals surface area contributed by atoms with Crippen LogP contribution in [-0.4, -0.2) is 25.2 Å². The molecule has 1 fully saturated rings. The van der Waals surface area contributed by atoms with E-state index in [2.05, 4.69) is 31.4 Å². The minimum Gasteiger partial charge on any atom is -0.315 e. The van der Waals surface area contributed by atoms with Crippen molar-refractivity contribution >= 4 is 0 Å². The molecule has 0 bridgehead atoms. The molecule has 0 radical (unpaired) electrons. The maximum Gasteiger partial charge on any atom is 0.00671 e. The quantitative estimate of drug-likeness (QED) is 0.527. The van der Waals surface area contributed by atoms with Gasteiger partial charge in [-0.25, -0.2) is 0 Å². The average Bonchev–Trinajstić information content (AvgIpc) is 2.48. The molecule has 0 heterocycles. The van der Waals surface area contributed by atoms with E-state index in [-0.39, 0.29) is 0 Å². The molecule has 0 saturated heterocycles. The van der Waals surface area contributed by atoms with Gasteiger partial charge < -0.3 is 10.6 Å². The monoisotopic (exact) mass is 240 g/mol. The van der Waals surface area contributed by atoms with Crippen LogP contribution >= 0.6 is 0 Å². The van der Waals surface area contributed by atoms with E-state index in [4.69, 9.17) is 0 Å². The molecule has 0 amide bonds. The Hall–Kier alpha value is -0.0800. The molecule has 0 spiro atoms. The summed E-state index contributed by atoms with van der Waals surface area (Å²) in [6.45, 7) is 9.20. The first-order chi connectivity index (χ1) is 8.18. The fourth-order valence-corrected chi connectivity index (χ4v) is 2.64. The molecule has 2 heteroatoms. The summed E-state index contributed by atoms with van der Waals surface area (Å²) in [5.41, 5.74) is 0. The fraction of sp³-hybridized carbons (Fsp3) is 1.00. The van der Waals surface area contributed by atoms with Crippen LogP contribution in [0.3, 0.4) is 0 Å². The summed E-state index contributed by atoms with van der Waals surface area (Å²) in [7, 11) is 0. The predicted molar refractivity (Wildman–Crippen MR) is 76.4 cm³/mol. The Bertz CT molecular complexity index is 180. The SMILES string of the molecule is CC1CCCC(NCCCCNC(C)C)CC1. The highest BCUT2D eigenvalue weighted by atomic mass is 14.9. The Balaban J connectivity index is 1.95. The minimum atomic E-state index is 0.631. The van der Waals surface area contributed by atoms with Crippen molar-refractivity contribution in [1.82, 2.24) is 10.6 Å². The van der Waals surface area contributed by atoms with Crippen molar-refractivity contribution in [2.75, 3.05) is 13.1 Å². The summed E-state index contributed by atoms with van der Waals surface area (Å²) >= 11 is 0. The molecule has 17 heavy (non-hydrogen) atoms. The second-order valence-electron chi connectivity index (χ2n) is 6.08. The van der Waals surface area contributed by atoms with E-state index >= 15 is 0 Å². The lowest BCUT2D eigenvalue weighted by Crippen LogP contribution is -2.30. The first kappa shape index (κ1) is 15.0. The van der Waals surface area contributed by atoms with Gasteiger partial charge in [0.05, 0.1) is 0 Å². The second-order valence-corrected chi connectivity index (χ2v) is 6.08. The Morgan fingerprint density at radius 1 is 1.00 bits per heavy atom. The van der Waals surface area contributed by atoms with Gasteiger partial charge in [-0.05, 0) is 51.1 Å². The van der Waals surface area contributed by atoms with Crippen molar-refractivity contribution in [1.29, 1.82) is 0 Å². The maximum absolute atomic E-state index is 3.74. The topological polar surface area (TPSA) is 24.1 Å². The zero-order valence-electron chi connectivity index (χ0n) is 12.1. The maximum atomic E-state index is 3.74. The minimum absolute atomic E-state index is 0.631. The number of hydrogen-bond acceptors (Lipinski definition) is 2. The van der Waals surface area contributed by atoms with Crippen molar-refractivity contribution in [2.45, 2.75) is 77.8 Å². The van der Waals surface area contributed by atoms with Crippen LogP contribution in [0.15, 0.2) is 0 Å². The molecule has 102 valence electrons. The molecule has 1 aliphatic carbocycles. The summed E-state index contributed by atoms with van der Waals surface area (Å²) in [4.78, 5) is 0. The lowest BCUT2D eigenvalue weighted by molar-refractivity contribution is 0.438. The fourth-order valence-electron chi connectivity index (χ4n) is 2.64. The molecule has 2 unspecified atom stereocenters. The largest absolute Gasteiger partial charge is 0.315 e. The van der Waals surface area contributed by atoms with Gasteiger partial charge in [-0.15, -0.1) is 0 Å². The van der Waals surface area contributed by atoms with E-state index in [1.807, 2.05) is 0 Å². The Labute approximate surface area is 108 Å². The molecule has 2 atom stereocenters. The molecule has 1 rings (SSSR count). The summed E-state index contributed by atoms with van der Waals surface area (Å²) in [5, 5.41) is 7.21. The summed E-state index contributed by atoms with van der Waals surface area (Å²) in [5.74, 6) is 0.956. The van der Waals surface area contributed by atoms with Gasteiger partial charge in [0, 0.05) is 12.1 Å². The van der Waals surface area contributed by atoms with Crippen molar-refractivity contribution in [2.24, 2.45) is 5.92 Å². The molecule has 1 aliphatic rings. The second kappa shape index (κ2) is 8.93. The Morgan fingerprint density at radius 3 is 2.53 bits per heavy atom. The van der Waals surface area contributed by atoms with Gasteiger partial charge in [0.25, 0.3) is 0 Å². The molecule has 0 aromatic rings. The van der Waals surface area contributed by atoms with E-state index in [0.29, 0.717) is 6.04 Å². The van der Waals surface area contributed by atoms with E-state index in [1.165, 1.54) is 58.0 Å². The molecule has 0 aromatic carbocycles. The van der Waals surface area contributed by atoms with Crippen molar-refractivity contribution < 1.29 is 0 Å². The van der Waals surface area contributed by atoms with Crippen LogP contribution < -0.4 is 10.6 Å². The summed E-state index contributed by atoms with van der Waals surface area (Å²) in [6, 6.07) is 1.43. The van der Waals surface area contributed by atoms with Crippen LogP contribution in [0.2, 0.25) is 0 Å². The Kier molecular flexibility index (Phi) is 7.87. The number of rotatable bonds is 7. The molecule has 2 N–H and O–H groups in total. The van der Waals surface area contributed by atoms with Crippen molar-refractivity contribution in [3.63, 3.8) is 0 Å². The predicted octanol–water partition coefficient (Wildman–Crippen LogP) is 3.32. The van der Waals surface area contributed by atoms with Gasteiger partial charge >= 0.3 is 0 Å². The van der Waals surface area contributed by atoms with Gasteiger partial charge in [0.15, 0.2) is 0 Å². The van der Waals surface area contributed by atoms with Crippen LogP contribution in [0, 0.1) is 5.92 Å². The Morgan fingerprint density at radius 2 is 1.76 bits per heavy atom. The number of nitrogens with one attached hydrogen (secondary N) is 2. The van der Waals surface area contributed by atoms with Crippen LogP contribution in [0.1, 0.15) is 65.7 Å². The highest BCUT2D eigenvalue weighted by molar-refractivity contribution is 4.73. The molecule has 0 aromatic heterocycles. The standard InChI is InChI=1S/C15H32N2/c1-13(2)16-11-4-5-12-17-15-8-6-7-14(3)9-10-15/h13-17H,4-12H2,1-3H3. The number of unbranched alkanes of at least 4 members (excludes halogenated alkanes) is 1. The third-order valence-electron chi connectivity index (χ3n) is 3.85. The highest BCUT2D eigenvalue weighted by Crippen LogP contribution is 2.22. The van der Waals surface area contributed by atoms with Crippen molar-refractivity contribution in [3.8, 4) is 0 Å². The van der Waals surface area contributed by atoms with Crippen LogP contribution in [0.4, 0.5) is 0 Å². The van der Waals surface area contributed by atoms with Gasteiger partial charge in [0.2, 0.25) is 0 Å². The molecular formula is C15H32N2. The summed E-state index contributed by atoms with van der Waals surface area (Å²) in [6.07, 6.45) is 9.69. The molecule has 1 saturated carbocycles. The highest BCUT2D eigenvalue weighted by Gasteiger charge is 2.14. The molecular weight excluding hydrogens is 208 g/mol. The number of hydrogen-bond donors (Lipinski definition) is 2. The smallest absolute Gasteiger partial charge is 0.00671 e. The van der Waals surface area contributed by atoms with Crippen LogP contribution in [0.5, 0.6) is 0 Å². The van der Waals surface area contributed by atoms with Gasteiger partial charge in [-0.1, -0.05) is 33.6 Å². The van der Waals surface area contributed by atoms with E-state index in [0.717, 1.165) is 12.0 Å². The van der Waals surface area contributed by atoms with Gasteiger partial charge in [-0.3, -0.25) is 0 Å². The first-order valence-electron chi connectivity index (χ1n) is 7.65. The third kappa shape index (κ3) is 7.77. The average molecular weight is 240 g/mol. The molecule has 2 nitrogen and oxygen atoms in total. The van der Waals surface area contributed by atoms with Gasteiger partial charge in [0.1, 0.15) is 0 Å². The van der Waals surface area contributed by atoms with Crippen LogP contribution in [0.25, 0.3) is 0 Å². The zero-order chi connectivity index (χ0) is 12.5. The lowest BCUT2D eigenvalue weighted by atomic mass is 10.0. The van der Waals surface area contributed by atoms with Crippen molar-refractivity contribution in [3.05, 3.63) is 0 Å². The zero-order valence-corrected chi connectivity index (χ0v) is 12.1. The first-order valence-corrected chi connectivity index (χ1v) is 7.65. The normalized spacial score (nSPS) is 26.1.